The van der Waals surface area contributed by atoms with Crippen LogP contribution in [0.15, 0.2) is 60.9 Å². The molecule has 0 unspecified atom stereocenters. The predicted molar refractivity (Wildman–Crippen MR) is 80.4 cm³/mol. The lowest BCUT2D eigenvalue weighted by atomic mass is 10.0. The van der Waals surface area contributed by atoms with Crippen LogP contribution in [0.25, 0.3) is 10.8 Å². The molecule has 1 heterocycles. The molecule has 3 nitrogen and oxygen atoms in total. The molecule has 0 spiro atoms. The summed E-state index contributed by atoms with van der Waals surface area (Å²) < 4.78 is 5.90. The van der Waals surface area contributed by atoms with E-state index in [1.807, 2.05) is 36.5 Å². The molecule has 0 aliphatic carbocycles. The smallest absolute Gasteiger partial charge is 0.124 e. The number of benzene rings is 2. The average molecular weight is 264 g/mol. The van der Waals surface area contributed by atoms with Crippen LogP contribution in [0.1, 0.15) is 11.1 Å². The summed E-state index contributed by atoms with van der Waals surface area (Å²) in [5.74, 6) is 0.843. The summed E-state index contributed by atoms with van der Waals surface area (Å²) in [5, 5.41) is 2.33. The van der Waals surface area contributed by atoms with Crippen molar-refractivity contribution in [2.75, 3.05) is 0 Å². The molecule has 3 rings (SSSR count). The lowest BCUT2D eigenvalue weighted by Crippen LogP contribution is -2.03. The van der Waals surface area contributed by atoms with E-state index in [0.717, 1.165) is 22.3 Å². The number of nitrogens with zero attached hydrogens (tertiary/aromatic N) is 1. The molecule has 0 bridgehead atoms. The highest BCUT2D eigenvalue weighted by Crippen LogP contribution is 2.28. The van der Waals surface area contributed by atoms with Gasteiger partial charge in [0, 0.05) is 30.1 Å². The summed E-state index contributed by atoms with van der Waals surface area (Å²) in [6.45, 7) is 0.961. The van der Waals surface area contributed by atoms with Crippen LogP contribution in [-0.2, 0) is 13.2 Å². The fraction of sp³-hybridized carbons (Fsp3) is 0.118. The monoisotopic (exact) mass is 264 g/mol. The van der Waals surface area contributed by atoms with Gasteiger partial charge in [0.25, 0.3) is 0 Å². The zero-order valence-corrected chi connectivity index (χ0v) is 11.1. The molecule has 0 aliphatic heterocycles. The van der Waals surface area contributed by atoms with Crippen LogP contribution in [0.5, 0.6) is 5.75 Å². The van der Waals surface area contributed by atoms with Gasteiger partial charge in [0.2, 0.25) is 0 Å². The van der Waals surface area contributed by atoms with E-state index in [4.69, 9.17) is 10.5 Å². The van der Waals surface area contributed by atoms with Crippen molar-refractivity contribution in [3.63, 3.8) is 0 Å². The molecule has 0 atom stereocenters. The number of ether oxygens (including phenoxy) is 1. The highest BCUT2D eigenvalue weighted by molar-refractivity contribution is 5.87. The third-order valence-corrected chi connectivity index (χ3v) is 3.32. The minimum atomic E-state index is 0.462. The SMILES string of the molecule is NCc1c(OCc2cccnc2)ccc2ccccc12. The summed E-state index contributed by atoms with van der Waals surface area (Å²) in [6.07, 6.45) is 3.56. The average Bonchev–Trinajstić information content (AvgIpc) is 2.53. The predicted octanol–water partition coefficient (Wildman–Crippen LogP) is 3.27. The van der Waals surface area contributed by atoms with Crippen LogP contribution in [0.3, 0.4) is 0 Å². The zero-order valence-electron chi connectivity index (χ0n) is 11.1. The molecule has 2 aromatic carbocycles. The lowest BCUT2D eigenvalue weighted by Gasteiger charge is -2.13. The normalized spacial score (nSPS) is 10.7. The molecule has 20 heavy (non-hydrogen) atoms. The Bertz CT molecular complexity index is 711. The van der Waals surface area contributed by atoms with Crippen molar-refractivity contribution in [3.8, 4) is 5.75 Å². The van der Waals surface area contributed by atoms with Crippen LogP contribution < -0.4 is 10.5 Å². The second-order valence-corrected chi connectivity index (χ2v) is 4.62. The van der Waals surface area contributed by atoms with Gasteiger partial charge in [-0.2, -0.15) is 0 Å². The number of nitrogens with two attached hydrogens (primary N) is 1. The molecular formula is C17H16N2O. The van der Waals surface area contributed by atoms with Gasteiger partial charge >= 0.3 is 0 Å². The van der Waals surface area contributed by atoms with Crippen molar-refractivity contribution in [1.82, 2.24) is 4.98 Å². The van der Waals surface area contributed by atoms with E-state index in [1.54, 1.807) is 6.20 Å². The van der Waals surface area contributed by atoms with Crippen molar-refractivity contribution < 1.29 is 4.74 Å². The highest BCUT2D eigenvalue weighted by atomic mass is 16.5. The minimum Gasteiger partial charge on any atom is -0.488 e. The molecule has 100 valence electrons. The standard InChI is InChI=1S/C17H16N2O/c18-10-16-15-6-2-1-5-14(15)7-8-17(16)20-12-13-4-3-9-19-11-13/h1-9,11H,10,12,18H2. The van der Waals surface area contributed by atoms with Gasteiger partial charge < -0.3 is 10.5 Å². The topological polar surface area (TPSA) is 48.1 Å². The van der Waals surface area contributed by atoms with Crippen LogP contribution in [0.4, 0.5) is 0 Å². The van der Waals surface area contributed by atoms with Crippen molar-refractivity contribution in [2.45, 2.75) is 13.2 Å². The number of hydrogen-bond donors (Lipinski definition) is 1. The van der Waals surface area contributed by atoms with Crippen LogP contribution in [0.2, 0.25) is 0 Å². The largest absolute Gasteiger partial charge is 0.488 e. The summed E-state index contributed by atoms with van der Waals surface area (Å²) in [6, 6.07) is 16.2. The fourth-order valence-electron chi connectivity index (χ4n) is 2.31. The van der Waals surface area contributed by atoms with Gasteiger partial charge in [0.15, 0.2) is 0 Å². The first kappa shape index (κ1) is 12.6. The molecule has 1 aromatic heterocycles. The van der Waals surface area contributed by atoms with E-state index < -0.39 is 0 Å². The van der Waals surface area contributed by atoms with Crippen molar-refractivity contribution >= 4 is 10.8 Å². The molecule has 2 N–H and O–H groups in total. The summed E-state index contributed by atoms with van der Waals surface area (Å²) in [7, 11) is 0. The maximum Gasteiger partial charge on any atom is 0.124 e. The Labute approximate surface area is 118 Å². The second-order valence-electron chi connectivity index (χ2n) is 4.62. The number of fused-ring (bicyclic) bond motifs is 1. The number of aromatic nitrogens is 1. The Hall–Kier alpha value is -2.39. The third kappa shape index (κ3) is 2.49. The lowest BCUT2D eigenvalue weighted by molar-refractivity contribution is 0.303. The summed E-state index contributed by atoms with van der Waals surface area (Å²) in [5.41, 5.74) is 7.99. The summed E-state index contributed by atoms with van der Waals surface area (Å²) in [4.78, 5) is 4.08. The number of hydrogen-bond acceptors (Lipinski definition) is 3. The van der Waals surface area contributed by atoms with Gasteiger partial charge in [0.05, 0.1) is 0 Å². The van der Waals surface area contributed by atoms with E-state index in [-0.39, 0.29) is 0 Å². The van der Waals surface area contributed by atoms with E-state index in [1.165, 1.54) is 5.39 Å². The van der Waals surface area contributed by atoms with Crippen molar-refractivity contribution in [3.05, 3.63) is 72.1 Å². The highest BCUT2D eigenvalue weighted by Gasteiger charge is 2.07. The molecule has 0 saturated carbocycles. The quantitative estimate of drug-likeness (QED) is 0.786. The Morgan fingerprint density at radius 1 is 1.00 bits per heavy atom. The van der Waals surface area contributed by atoms with Gasteiger partial charge in [-0.05, 0) is 22.9 Å². The van der Waals surface area contributed by atoms with E-state index >= 15 is 0 Å². The van der Waals surface area contributed by atoms with Gasteiger partial charge in [-0.3, -0.25) is 4.98 Å². The van der Waals surface area contributed by atoms with Crippen molar-refractivity contribution in [2.24, 2.45) is 5.73 Å². The Kier molecular flexibility index (Phi) is 3.61. The molecule has 0 saturated heterocycles. The van der Waals surface area contributed by atoms with Crippen LogP contribution in [-0.4, -0.2) is 4.98 Å². The molecule has 0 fully saturated rings. The van der Waals surface area contributed by atoms with E-state index in [2.05, 4.69) is 23.2 Å². The Morgan fingerprint density at radius 3 is 2.70 bits per heavy atom. The first-order valence-electron chi connectivity index (χ1n) is 6.61. The molecular weight excluding hydrogens is 248 g/mol. The Balaban J connectivity index is 1.91. The molecule has 3 aromatic rings. The van der Waals surface area contributed by atoms with Gasteiger partial charge in [0.1, 0.15) is 12.4 Å². The maximum absolute atomic E-state index is 5.90. The summed E-state index contributed by atoms with van der Waals surface area (Å²) >= 11 is 0. The molecule has 0 aliphatic rings. The van der Waals surface area contributed by atoms with Gasteiger partial charge in [-0.15, -0.1) is 0 Å². The molecule has 3 heteroatoms. The first-order chi connectivity index (χ1) is 9.88. The van der Waals surface area contributed by atoms with Crippen LogP contribution in [0, 0.1) is 0 Å². The Morgan fingerprint density at radius 2 is 1.90 bits per heavy atom. The van der Waals surface area contributed by atoms with E-state index in [9.17, 15) is 0 Å². The van der Waals surface area contributed by atoms with Gasteiger partial charge in [-0.25, -0.2) is 0 Å². The van der Waals surface area contributed by atoms with Crippen LogP contribution >= 0.6 is 0 Å². The maximum atomic E-state index is 5.90. The van der Waals surface area contributed by atoms with Crippen molar-refractivity contribution in [1.29, 1.82) is 0 Å². The number of pyridine rings is 1. The first-order valence-corrected chi connectivity index (χ1v) is 6.61. The third-order valence-electron chi connectivity index (χ3n) is 3.32. The molecule has 0 radical (unpaired) electrons. The number of rotatable bonds is 4. The minimum absolute atomic E-state index is 0.462. The van der Waals surface area contributed by atoms with E-state index in [0.29, 0.717) is 13.2 Å². The second kappa shape index (κ2) is 5.72. The fourth-order valence-corrected chi connectivity index (χ4v) is 2.31. The van der Waals surface area contributed by atoms with Gasteiger partial charge in [-0.1, -0.05) is 36.4 Å². The molecule has 0 amide bonds. The zero-order chi connectivity index (χ0) is 13.8.